The molecule has 13 nitrogen and oxygen atoms in total. The fraction of sp³-hybridized carbons (Fsp3) is 0.755. The summed E-state index contributed by atoms with van der Waals surface area (Å²) in [4.78, 5) is 86.9. The van der Waals surface area contributed by atoms with E-state index in [1.54, 1.807) is 58.8 Å². The third-order valence-electron chi connectivity index (χ3n) is 12.7. The molecule has 62 heavy (non-hydrogen) atoms. The Morgan fingerprint density at radius 3 is 2.02 bits per heavy atom. The largest absolute Gasteiger partial charge is 0.481 e. The molecule has 1 heterocycles. The predicted molar refractivity (Wildman–Crippen MR) is 241 cm³/mol. The quantitative estimate of drug-likeness (QED) is 0.0898. The van der Waals surface area contributed by atoms with Crippen molar-refractivity contribution in [1.82, 2.24) is 14.7 Å². The summed E-state index contributed by atoms with van der Waals surface area (Å²) in [6.45, 7) is 20.0. The molecule has 2 rings (SSSR count). The van der Waals surface area contributed by atoms with Crippen LogP contribution >= 0.6 is 0 Å². The summed E-state index contributed by atoms with van der Waals surface area (Å²) in [6.07, 6.45) is 1.59. The van der Waals surface area contributed by atoms with E-state index < -0.39 is 59.6 Å². The molecule has 0 aromatic heterocycles. The van der Waals surface area contributed by atoms with Crippen molar-refractivity contribution in [3.05, 3.63) is 35.9 Å². The third-order valence-corrected chi connectivity index (χ3v) is 12.7. The van der Waals surface area contributed by atoms with Crippen LogP contribution in [0.1, 0.15) is 126 Å². The molecule has 0 saturated carbocycles. The number of benzene rings is 1. The summed E-state index contributed by atoms with van der Waals surface area (Å²) in [5.74, 6) is -4.04. The van der Waals surface area contributed by atoms with Gasteiger partial charge in [-0.1, -0.05) is 85.2 Å². The lowest BCUT2D eigenvalue weighted by atomic mass is 9.83. The van der Waals surface area contributed by atoms with Gasteiger partial charge in [0.2, 0.25) is 11.8 Å². The Hall–Kier alpha value is -3.68. The zero-order valence-corrected chi connectivity index (χ0v) is 40.5. The molecule has 1 N–H and O–H groups in total. The number of nitrogens with zero attached hydrogens (tertiary/aromatic N) is 3. The minimum absolute atomic E-state index is 0.00197. The van der Waals surface area contributed by atoms with Crippen molar-refractivity contribution in [2.45, 2.75) is 163 Å². The van der Waals surface area contributed by atoms with Gasteiger partial charge in [-0.2, -0.15) is 0 Å². The molecular formula is C49H81N3O10. The Labute approximate surface area is 373 Å². The Morgan fingerprint density at radius 1 is 0.871 bits per heavy atom. The maximum Gasteiger partial charge on any atom is 0.310 e. The lowest BCUT2D eigenvalue weighted by Gasteiger charge is -2.41. The standard InChI is InChI=1S/C49H81N3O10/c1-15-33(6)45(51(12)47(58)37(31(2)3)29-40(54)44(32(4)5)50(11)25-20-24-43(56)57)41(60-13)30-42(55)52-26-19-23-38(52)46(61-14)34(7)39(53)28-36(48(59)62-49(8,9)10)27-35-21-17-16-18-22-35/h16-18,21-22,31-34,36-38,41,44-46H,15,19-20,23-30H2,1-14H3,(H,56,57)/t33-,34-,36+,37-,38-,41+,44-,45-,46+/m0/s1. The summed E-state index contributed by atoms with van der Waals surface area (Å²) >= 11 is 0. The van der Waals surface area contributed by atoms with E-state index in [1.165, 1.54) is 0 Å². The fourth-order valence-electron chi connectivity index (χ4n) is 9.24. The van der Waals surface area contributed by atoms with E-state index in [0.29, 0.717) is 38.8 Å². The number of aliphatic carboxylic acids is 1. The van der Waals surface area contributed by atoms with Gasteiger partial charge in [-0.15, -0.1) is 0 Å². The number of hydrogen-bond donors (Lipinski definition) is 1. The minimum Gasteiger partial charge on any atom is -0.481 e. The van der Waals surface area contributed by atoms with Crippen molar-refractivity contribution in [2.24, 2.45) is 35.5 Å². The van der Waals surface area contributed by atoms with E-state index in [0.717, 1.165) is 12.0 Å². The van der Waals surface area contributed by atoms with Gasteiger partial charge < -0.3 is 29.1 Å². The molecule has 13 heteroatoms. The van der Waals surface area contributed by atoms with Gasteiger partial charge >= 0.3 is 11.9 Å². The van der Waals surface area contributed by atoms with Crippen molar-refractivity contribution >= 4 is 35.3 Å². The van der Waals surface area contributed by atoms with Crippen LogP contribution in [0, 0.1) is 35.5 Å². The Balaban J connectivity index is 2.31. The number of hydrogen-bond acceptors (Lipinski definition) is 10. The lowest BCUT2D eigenvalue weighted by Crippen LogP contribution is -2.54. The highest BCUT2D eigenvalue weighted by Crippen LogP contribution is 2.32. The molecule has 1 aliphatic rings. The first-order valence-electron chi connectivity index (χ1n) is 22.8. The van der Waals surface area contributed by atoms with Gasteiger partial charge in [-0.05, 0) is 83.4 Å². The Morgan fingerprint density at radius 2 is 1.50 bits per heavy atom. The van der Waals surface area contributed by atoms with Crippen molar-refractivity contribution in [1.29, 1.82) is 0 Å². The van der Waals surface area contributed by atoms with Crippen LogP contribution < -0.4 is 0 Å². The highest BCUT2D eigenvalue weighted by Gasteiger charge is 2.44. The number of rotatable bonds is 27. The summed E-state index contributed by atoms with van der Waals surface area (Å²) in [6, 6.07) is 8.23. The third kappa shape index (κ3) is 16.1. The molecule has 1 aliphatic heterocycles. The van der Waals surface area contributed by atoms with Crippen molar-refractivity contribution in [3.63, 3.8) is 0 Å². The second-order valence-corrected chi connectivity index (χ2v) is 19.4. The number of amides is 2. The molecule has 0 unspecified atom stereocenters. The van der Waals surface area contributed by atoms with E-state index in [9.17, 15) is 28.8 Å². The van der Waals surface area contributed by atoms with Crippen LogP contribution in [0.3, 0.4) is 0 Å². The number of likely N-dealkylation sites (tertiary alicyclic amines) is 1. The molecule has 0 aliphatic carbocycles. The van der Waals surface area contributed by atoms with Gasteiger partial charge in [0.25, 0.3) is 0 Å². The van der Waals surface area contributed by atoms with Crippen molar-refractivity contribution in [3.8, 4) is 0 Å². The molecule has 0 bridgehead atoms. The van der Waals surface area contributed by atoms with E-state index >= 15 is 0 Å². The van der Waals surface area contributed by atoms with Crippen molar-refractivity contribution in [2.75, 3.05) is 41.4 Å². The van der Waals surface area contributed by atoms with Crippen LogP contribution in [0.25, 0.3) is 0 Å². The molecule has 0 radical (unpaired) electrons. The van der Waals surface area contributed by atoms with Crippen LogP contribution in [0.2, 0.25) is 0 Å². The molecule has 1 saturated heterocycles. The minimum atomic E-state index is -0.881. The molecule has 2 amide bonds. The number of carboxylic acids is 1. The van der Waals surface area contributed by atoms with Crippen LogP contribution in [0.15, 0.2) is 30.3 Å². The normalized spacial score (nSPS) is 18.5. The highest BCUT2D eigenvalue weighted by atomic mass is 16.6. The number of carboxylic acid groups (broad SMARTS) is 1. The monoisotopic (exact) mass is 872 g/mol. The molecule has 1 aromatic carbocycles. The van der Waals surface area contributed by atoms with Gasteiger partial charge in [-0.25, -0.2) is 0 Å². The molecule has 1 fully saturated rings. The number of likely N-dealkylation sites (N-methyl/N-ethyl adjacent to an activating group) is 2. The topological polar surface area (TPSA) is 160 Å². The molecule has 9 atom stereocenters. The first-order chi connectivity index (χ1) is 29.0. The smallest absolute Gasteiger partial charge is 0.310 e. The van der Waals surface area contributed by atoms with Crippen LogP contribution in [-0.2, 0) is 49.4 Å². The average Bonchev–Trinajstić information content (AvgIpc) is 3.68. The molecule has 352 valence electrons. The van der Waals surface area contributed by atoms with E-state index in [2.05, 4.69) is 0 Å². The van der Waals surface area contributed by atoms with Gasteiger partial charge in [0.15, 0.2) is 5.78 Å². The number of carbonyl (C=O) groups is 6. The summed E-state index contributed by atoms with van der Waals surface area (Å²) in [7, 11) is 6.68. The van der Waals surface area contributed by atoms with Gasteiger partial charge in [-0.3, -0.25) is 33.7 Å². The van der Waals surface area contributed by atoms with Crippen LogP contribution in [-0.4, -0.2) is 132 Å². The maximum atomic E-state index is 14.5. The second kappa shape index (κ2) is 25.6. The molecule has 1 aromatic rings. The zero-order chi connectivity index (χ0) is 47.1. The van der Waals surface area contributed by atoms with E-state index in [-0.39, 0.29) is 72.9 Å². The number of Topliss-reactive ketones (excluding diaryl/α,β-unsaturated/α-hetero) is 2. The van der Waals surface area contributed by atoms with E-state index in [4.69, 9.17) is 19.3 Å². The molecular weight excluding hydrogens is 791 g/mol. The Kier molecular flexibility index (Phi) is 22.5. The first-order valence-corrected chi connectivity index (χ1v) is 22.8. The van der Waals surface area contributed by atoms with Gasteiger partial charge in [0, 0.05) is 58.9 Å². The average molecular weight is 872 g/mol. The SMILES string of the molecule is CC[C@H](C)[C@@H]([C@@H](CC(=O)N1CCC[C@H]1[C@H](OC)[C@@H](C)C(=O)C[C@@H](Cc1ccccc1)C(=O)OC(C)(C)C)OC)N(C)C(=O)[C@@H](CC(=O)[C@H](C(C)C)N(C)CCCC(=O)O)C(C)C. The number of esters is 1. The second-order valence-electron chi connectivity index (χ2n) is 19.4. The van der Waals surface area contributed by atoms with Gasteiger partial charge in [0.1, 0.15) is 11.4 Å². The summed E-state index contributed by atoms with van der Waals surface area (Å²) < 4.78 is 17.9. The van der Waals surface area contributed by atoms with E-state index in [1.807, 2.05) is 83.8 Å². The van der Waals surface area contributed by atoms with Crippen molar-refractivity contribution < 1.29 is 48.1 Å². The fourth-order valence-corrected chi connectivity index (χ4v) is 9.24. The predicted octanol–water partition coefficient (Wildman–Crippen LogP) is 7.12. The summed E-state index contributed by atoms with van der Waals surface area (Å²) in [5.41, 5.74) is 0.213. The maximum absolute atomic E-state index is 14.5. The van der Waals surface area contributed by atoms with Crippen LogP contribution in [0.4, 0.5) is 0 Å². The first kappa shape index (κ1) is 54.5. The highest BCUT2D eigenvalue weighted by molar-refractivity contribution is 5.90. The molecule has 0 spiro atoms. The zero-order valence-electron chi connectivity index (χ0n) is 40.5. The number of carbonyl (C=O) groups excluding carboxylic acids is 5. The van der Waals surface area contributed by atoms with Crippen LogP contribution in [0.5, 0.6) is 0 Å². The number of ketones is 2. The Bertz CT molecular complexity index is 1590. The summed E-state index contributed by atoms with van der Waals surface area (Å²) in [5, 5.41) is 9.13. The van der Waals surface area contributed by atoms with Gasteiger partial charge in [0.05, 0.1) is 42.7 Å². The number of ether oxygens (including phenoxy) is 3. The lowest BCUT2D eigenvalue weighted by molar-refractivity contribution is -0.161. The number of methoxy groups -OCH3 is 2.